The molecule has 2 rings (SSSR count). The van der Waals surface area contributed by atoms with E-state index in [0.717, 1.165) is 15.6 Å². The summed E-state index contributed by atoms with van der Waals surface area (Å²) in [6.07, 6.45) is 0. The quantitative estimate of drug-likeness (QED) is 0.532. The van der Waals surface area contributed by atoms with Gasteiger partial charge in [0.05, 0.1) is 21.1 Å². The molecule has 2 aromatic carbocycles. The first-order valence-corrected chi connectivity index (χ1v) is 9.01. The van der Waals surface area contributed by atoms with Crippen LogP contribution in [-0.2, 0) is 10.8 Å². The van der Waals surface area contributed by atoms with Gasteiger partial charge in [-0.2, -0.15) is 0 Å². The molecule has 2 nitrogen and oxygen atoms in total. The molecule has 0 amide bonds. The van der Waals surface area contributed by atoms with Gasteiger partial charge in [-0.05, 0) is 58.4 Å². The molecule has 0 radical (unpaired) electrons. The molecule has 0 fully saturated rings. The fourth-order valence-electron chi connectivity index (χ4n) is 3.05. The first-order chi connectivity index (χ1) is 11.2. The highest BCUT2D eigenvalue weighted by molar-refractivity contribution is 5.70. The number of halogens is 1. The van der Waals surface area contributed by atoms with Gasteiger partial charge < -0.3 is 29.1 Å². The molecule has 3 heteroatoms. The molecule has 0 atom stereocenters. The van der Waals surface area contributed by atoms with E-state index in [1.165, 1.54) is 16.8 Å². The molecule has 144 valence electrons. The molecule has 1 N–H and O–H groups in total. The fourth-order valence-corrected chi connectivity index (χ4v) is 3.05. The van der Waals surface area contributed by atoms with Crippen LogP contribution in [0.3, 0.4) is 0 Å². The lowest BCUT2D eigenvalue weighted by Gasteiger charge is -2.28. The van der Waals surface area contributed by atoms with Crippen LogP contribution in [-0.4, -0.2) is 26.2 Å². The Morgan fingerprint density at radius 2 is 1.08 bits per heavy atom. The Labute approximate surface area is 176 Å². The Morgan fingerprint density at radius 3 is 1.38 bits per heavy atom. The van der Waals surface area contributed by atoms with E-state index < -0.39 is 0 Å². The van der Waals surface area contributed by atoms with Crippen molar-refractivity contribution in [1.29, 1.82) is 0 Å². The lowest BCUT2D eigenvalue weighted by Crippen LogP contribution is -3.00. The largest absolute Gasteiger partial charge is 1.00 e. The Bertz CT molecular complexity index is 722. The SMILES string of the molecule is CC(C)(C)c1cc(-c2ccc([N+](C)(C)C)cc2)cc(C(C)(C)C)c1O.[I-]. The molecular weight excluding hydrogens is 433 g/mol. The van der Waals surface area contributed by atoms with E-state index in [-0.39, 0.29) is 34.8 Å². The van der Waals surface area contributed by atoms with Gasteiger partial charge in [-0.3, -0.25) is 4.48 Å². The van der Waals surface area contributed by atoms with Crippen molar-refractivity contribution in [2.75, 3.05) is 21.1 Å². The van der Waals surface area contributed by atoms with Crippen LogP contribution in [0.25, 0.3) is 11.1 Å². The minimum absolute atomic E-state index is 0. The monoisotopic (exact) mass is 467 g/mol. The summed E-state index contributed by atoms with van der Waals surface area (Å²) in [5.74, 6) is 0.437. The highest BCUT2D eigenvalue weighted by Crippen LogP contribution is 2.42. The fraction of sp³-hybridized carbons (Fsp3) is 0.478. The van der Waals surface area contributed by atoms with Crippen molar-refractivity contribution in [1.82, 2.24) is 4.48 Å². The highest BCUT2D eigenvalue weighted by atomic mass is 127. The van der Waals surface area contributed by atoms with Crippen molar-refractivity contribution in [3.63, 3.8) is 0 Å². The van der Waals surface area contributed by atoms with Gasteiger partial charge in [0.15, 0.2) is 0 Å². The van der Waals surface area contributed by atoms with Gasteiger partial charge in [0.2, 0.25) is 0 Å². The molecule has 0 unspecified atom stereocenters. The molecule has 0 aliphatic heterocycles. The van der Waals surface area contributed by atoms with Crippen LogP contribution in [0.1, 0.15) is 52.7 Å². The predicted molar refractivity (Wildman–Crippen MR) is 111 cm³/mol. The molecule has 0 saturated carbocycles. The zero-order chi connectivity index (χ0) is 19.2. The summed E-state index contributed by atoms with van der Waals surface area (Å²) in [5, 5.41) is 10.9. The average molecular weight is 467 g/mol. The van der Waals surface area contributed by atoms with E-state index in [1.807, 2.05) is 0 Å². The number of hydrogen-bond donors (Lipinski definition) is 1. The molecule has 26 heavy (non-hydrogen) atoms. The summed E-state index contributed by atoms with van der Waals surface area (Å²) in [4.78, 5) is 0. The van der Waals surface area contributed by atoms with Crippen molar-refractivity contribution < 1.29 is 29.1 Å². The first-order valence-electron chi connectivity index (χ1n) is 9.01. The third-order valence-electron chi connectivity index (χ3n) is 4.70. The summed E-state index contributed by atoms with van der Waals surface area (Å²) >= 11 is 0. The van der Waals surface area contributed by atoms with E-state index in [9.17, 15) is 5.11 Å². The number of phenolic OH excluding ortho intramolecular Hbond substituents is 1. The molecule has 0 heterocycles. The van der Waals surface area contributed by atoms with E-state index in [4.69, 9.17) is 0 Å². The van der Waals surface area contributed by atoms with Crippen LogP contribution in [0.4, 0.5) is 5.69 Å². The average Bonchev–Trinajstić information content (AvgIpc) is 2.44. The second-order valence-electron chi connectivity index (χ2n) is 9.98. The van der Waals surface area contributed by atoms with Gasteiger partial charge in [-0.1, -0.05) is 41.5 Å². The number of quaternary nitrogens is 1. The Hall–Kier alpha value is -1.07. The number of phenols is 1. The van der Waals surface area contributed by atoms with Gasteiger partial charge in [-0.25, -0.2) is 0 Å². The summed E-state index contributed by atoms with van der Waals surface area (Å²) in [7, 11) is 6.51. The first kappa shape index (κ1) is 23.0. The molecule has 0 saturated heterocycles. The topological polar surface area (TPSA) is 20.2 Å². The van der Waals surface area contributed by atoms with Crippen LogP contribution in [0, 0.1) is 0 Å². The third kappa shape index (κ3) is 5.01. The second-order valence-corrected chi connectivity index (χ2v) is 9.98. The summed E-state index contributed by atoms with van der Waals surface area (Å²) in [6, 6.07) is 13.0. The number of nitrogens with zero attached hydrogens (tertiary/aromatic N) is 1. The minimum atomic E-state index is -0.109. The zero-order valence-corrected chi connectivity index (χ0v) is 19.9. The summed E-state index contributed by atoms with van der Waals surface area (Å²) in [5.41, 5.74) is 5.42. The van der Waals surface area contributed by atoms with E-state index in [2.05, 4.69) is 99.1 Å². The van der Waals surface area contributed by atoms with Gasteiger partial charge in [0.25, 0.3) is 0 Å². The summed E-state index contributed by atoms with van der Waals surface area (Å²) in [6.45, 7) is 12.9. The van der Waals surface area contributed by atoms with Gasteiger partial charge >= 0.3 is 0 Å². The van der Waals surface area contributed by atoms with Gasteiger partial charge in [-0.15, -0.1) is 0 Å². The predicted octanol–water partition coefficient (Wildman–Crippen LogP) is 2.85. The minimum Gasteiger partial charge on any atom is -1.00 e. The van der Waals surface area contributed by atoms with Crippen LogP contribution in [0.15, 0.2) is 36.4 Å². The molecule has 0 spiro atoms. The van der Waals surface area contributed by atoms with Crippen molar-refractivity contribution in [3.05, 3.63) is 47.5 Å². The molecular formula is C23H34INO. The Morgan fingerprint density at radius 1 is 0.692 bits per heavy atom. The van der Waals surface area contributed by atoms with Crippen LogP contribution in [0.5, 0.6) is 5.75 Å². The molecule has 0 aromatic heterocycles. The number of hydrogen-bond acceptors (Lipinski definition) is 1. The normalized spacial score (nSPS) is 12.7. The van der Waals surface area contributed by atoms with Crippen molar-refractivity contribution >= 4 is 5.69 Å². The van der Waals surface area contributed by atoms with Crippen molar-refractivity contribution in [2.24, 2.45) is 0 Å². The number of benzene rings is 2. The van der Waals surface area contributed by atoms with E-state index in [0.29, 0.717) is 5.75 Å². The molecule has 2 aromatic rings. The smallest absolute Gasteiger partial charge is 0.132 e. The number of aromatic hydroxyl groups is 1. The van der Waals surface area contributed by atoms with Crippen molar-refractivity contribution in [3.8, 4) is 16.9 Å². The van der Waals surface area contributed by atoms with Crippen LogP contribution in [0.2, 0.25) is 0 Å². The maximum Gasteiger partial charge on any atom is 0.132 e. The second kappa shape index (κ2) is 7.51. The zero-order valence-electron chi connectivity index (χ0n) is 17.7. The third-order valence-corrected chi connectivity index (χ3v) is 4.70. The van der Waals surface area contributed by atoms with Gasteiger partial charge in [0, 0.05) is 11.1 Å². The van der Waals surface area contributed by atoms with Gasteiger partial charge in [0.1, 0.15) is 11.4 Å². The standard InChI is InChI=1S/C23H33NO.HI/c1-22(2,3)19-14-17(15-20(21(19)25)23(4,5)6)16-10-12-18(13-11-16)24(7,8)9;/h10-15H,1-9H3;1H. The molecule has 0 bridgehead atoms. The molecule has 0 aliphatic rings. The van der Waals surface area contributed by atoms with Crippen LogP contribution < -0.4 is 28.5 Å². The van der Waals surface area contributed by atoms with Crippen molar-refractivity contribution in [2.45, 2.75) is 52.4 Å². The number of rotatable bonds is 2. The lowest BCUT2D eigenvalue weighted by atomic mass is 9.78. The highest BCUT2D eigenvalue weighted by Gasteiger charge is 2.26. The Kier molecular flexibility index (Phi) is 6.64. The maximum atomic E-state index is 10.9. The lowest BCUT2D eigenvalue weighted by molar-refractivity contribution is -0.00000755. The maximum absolute atomic E-state index is 10.9. The molecule has 0 aliphatic carbocycles. The summed E-state index contributed by atoms with van der Waals surface area (Å²) < 4.78 is 0.802. The van der Waals surface area contributed by atoms with E-state index in [1.54, 1.807) is 0 Å². The Balaban J connectivity index is 0.00000338. The van der Waals surface area contributed by atoms with E-state index >= 15 is 0 Å². The van der Waals surface area contributed by atoms with Crippen LogP contribution >= 0.6 is 0 Å².